The molecule has 0 aliphatic heterocycles. The van der Waals surface area contributed by atoms with Gasteiger partial charge in [0.15, 0.2) is 12.4 Å². The molecule has 0 bridgehead atoms. The third kappa shape index (κ3) is 4.87. The number of alkyl halides is 3. The van der Waals surface area contributed by atoms with Crippen LogP contribution in [0.4, 0.5) is 17.6 Å². The molecular formula is C11H14F4N2O. The smallest absolute Gasteiger partial charge is 0.422 e. The molecule has 0 saturated carbocycles. The van der Waals surface area contributed by atoms with Crippen molar-refractivity contribution in [3.8, 4) is 5.88 Å². The molecule has 0 radical (unpaired) electrons. The van der Waals surface area contributed by atoms with Gasteiger partial charge in [0.25, 0.3) is 5.88 Å². The number of nitrogens with one attached hydrogen (secondary N) is 1. The van der Waals surface area contributed by atoms with Gasteiger partial charge in [0, 0.05) is 24.3 Å². The summed E-state index contributed by atoms with van der Waals surface area (Å²) in [6, 6.07) is 1.53. The molecule has 0 fully saturated rings. The van der Waals surface area contributed by atoms with E-state index in [-0.39, 0.29) is 18.2 Å². The Hall–Kier alpha value is -1.37. The Labute approximate surface area is 102 Å². The zero-order valence-electron chi connectivity index (χ0n) is 10.0. The monoisotopic (exact) mass is 266 g/mol. The van der Waals surface area contributed by atoms with Crippen molar-refractivity contribution in [1.29, 1.82) is 0 Å². The minimum atomic E-state index is -4.51. The molecule has 1 heterocycles. The third-order valence-corrected chi connectivity index (χ3v) is 2.01. The largest absolute Gasteiger partial charge is 0.466 e. The molecule has 3 nitrogen and oxygen atoms in total. The Balaban J connectivity index is 2.72. The summed E-state index contributed by atoms with van der Waals surface area (Å²) >= 11 is 0. The lowest BCUT2D eigenvalue weighted by Gasteiger charge is -2.12. The summed E-state index contributed by atoms with van der Waals surface area (Å²) in [5, 5.41) is 2.96. The normalized spacial score (nSPS) is 11.9. The van der Waals surface area contributed by atoms with Crippen LogP contribution in [-0.4, -0.2) is 23.8 Å². The Morgan fingerprint density at radius 2 is 2.06 bits per heavy atom. The first kappa shape index (κ1) is 14.7. The molecule has 0 aromatic carbocycles. The maximum Gasteiger partial charge on any atom is 0.422 e. The fourth-order valence-electron chi connectivity index (χ4n) is 1.16. The third-order valence-electron chi connectivity index (χ3n) is 2.01. The highest BCUT2D eigenvalue weighted by Gasteiger charge is 2.29. The number of rotatable bonds is 5. The van der Waals surface area contributed by atoms with Gasteiger partial charge in [-0.1, -0.05) is 13.8 Å². The molecule has 1 aromatic rings. The molecule has 0 aliphatic carbocycles. The van der Waals surface area contributed by atoms with Crippen LogP contribution in [0.15, 0.2) is 12.3 Å². The predicted octanol–water partition coefficient (Wildman–Crippen LogP) is 2.66. The van der Waals surface area contributed by atoms with Crippen LogP contribution in [0.2, 0.25) is 0 Å². The second kappa shape index (κ2) is 5.99. The minimum absolute atomic E-state index is 0.136. The summed E-state index contributed by atoms with van der Waals surface area (Å²) in [4.78, 5) is 3.44. The highest BCUT2D eigenvalue weighted by molar-refractivity contribution is 5.23. The molecule has 0 saturated heterocycles. The zero-order valence-corrected chi connectivity index (χ0v) is 10.0. The van der Waals surface area contributed by atoms with Gasteiger partial charge in [0.05, 0.1) is 0 Å². The van der Waals surface area contributed by atoms with Gasteiger partial charge < -0.3 is 10.1 Å². The van der Waals surface area contributed by atoms with E-state index in [0.29, 0.717) is 0 Å². The van der Waals surface area contributed by atoms with Gasteiger partial charge in [0.1, 0.15) is 0 Å². The molecule has 1 aromatic heterocycles. The first-order valence-corrected chi connectivity index (χ1v) is 5.36. The number of hydrogen-bond acceptors (Lipinski definition) is 3. The van der Waals surface area contributed by atoms with Gasteiger partial charge in [0.2, 0.25) is 0 Å². The van der Waals surface area contributed by atoms with Crippen LogP contribution < -0.4 is 10.1 Å². The van der Waals surface area contributed by atoms with Crippen LogP contribution in [0.3, 0.4) is 0 Å². The van der Waals surface area contributed by atoms with Crippen LogP contribution in [0.25, 0.3) is 0 Å². The van der Waals surface area contributed by atoms with Gasteiger partial charge in [-0.15, -0.1) is 0 Å². The van der Waals surface area contributed by atoms with Crippen molar-refractivity contribution in [2.75, 3.05) is 6.61 Å². The lowest BCUT2D eigenvalue weighted by atomic mass is 10.2. The summed E-state index contributed by atoms with van der Waals surface area (Å²) in [6.45, 7) is 2.40. The fraction of sp³-hybridized carbons (Fsp3) is 0.545. The summed E-state index contributed by atoms with van der Waals surface area (Å²) in [7, 11) is 0. The molecule has 18 heavy (non-hydrogen) atoms. The zero-order chi connectivity index (χ0) is 13.8. The molecule has 0 aliphatic rings. The summed E-state index contributed by atoms with van der Waals surface area (Å²) in [5.74, 6) is -1.50. The van der Waals surface area contributed by atoms with Gasteiger partial charge in [-0.2, -0.15) is 13.2 Å². The first-order chi connectivity index (χ1) is 8.29. The lowest BCUT2D eigenvalue weighted by Crippen LogP contribution is -2.23. The van der Waals surface area contributed by atoms with Crippen molar-refractivity contribution in [3.05, 3.63) is 23.6 Å². The van der Waals surface area contributed by atoms with E-state index in [9.17, 15) is 17.6 Å². The molecule has 102 valence electrons. The van der Waals surface area contributed by atoms with Crippen LogP contribution in [0, 0.1) is 5.82 Å². The van der Waals surface area contributed by atoms with Crippen molar-refractivity contribution < 1.29 is 22.3 Å². The molecule has 1 N–H and O–H groups in total. The minimum Gasteiger partial charge on any atom is -0.466 e. The molecule has 7 heteroatoms. The molecule has 1 rings (SSSR count). The quantitative estimate of drug-likeness (QED) is 0.832. The van der Waals surface area contributed by atoms with Crippen molar-refractivity contribution >= 4 is 0 Å². The summed E-state index contributed by atoms with van der Waals surface area (Å²) in [5.41, 5.74) is 0.218. The van der Waals surface area contributed by atoms with Crippen LogP contribution >= 0.6 is 0 Å². The number of pyridine rings is 1. The lowest BCUT2D eigenvalue weighted by molar-refractivity contribution is -0.154. The molecular weight excluding hydrogens is 252 g/mol. The van der Waals surface area contributed by atoms with E-state index in [1.54, 1.807) is 0 Å². The van der Waals surface area contributed by atoms with Crippen LogP contribution in [-0.2, 0) is 6.54 Å². The average molecular weight is 266 g/mol. The van der Waals surface area contributed by atoms with E-state index >= 15 is 0 Å². The average Bonchev–Trinajstić information content (AvgIpc) is 2.24. The van der Waals surface area contributed by atoms with E-state index in [2.05, 4.69) is 15.0 Å². The predicted molar refractivity (Wildman–Crippen MR) is 57.7 cm³/mol. The second-order valence-corrected chi connectivity index (χ2v) is 4.03. The standard InChI is InChI=1S/C11H14F4N2O/c1-7(2)17-5-8-3-4-16-10(9(8)12)18-6-11(13,14)15/h3-4,7,17H,5-6H2,1-2H3. The van der Waals surface area contributed by atoms with E-state index in [1.165, 1.54) is 12.3 Å². The molecule has 0 unspecified atom stereocenters. The first-order valence-electron chi connectivity index (χ1n) is 5.36. The maximum absolute atomic E-state index is 13.7. The van der Waals surface area contributed by atoms with E-state index in [1.807, 2.05) is 13.8 Å². The van der Waals surface area contributed by atoms with Crippen molar-refractivity contribution in [1.82, 2.24) is 10.3 Å². The second-order valence-electron chi connectivity index (χ2n) is 4.03. The molecule has 0 spiro atoms. The van der Waals surface area contributed by atoms with E-state index in [0.717, 1.165) is 0 Å². The number of aromatic nitrogens is 1. The SMILES string of the molecule is CC(C)NCc1ccnc(OCC(F)(F)F)c1F. The van der Waals surface area contributed by atoms with Crippen molar-refractivity contribution in [2.45, 2.75) is 32.6 Å². The van der Waals surface area contributed by atoms with E-state index < -0.39 is 24.5 Å². The molecule has 0 atom stereocenters. The highest BCUT2D eigenvalue weighted by atomic mass is 19.4. The summed E-state index contributed by atoms with van der Waals surface area (Å²) < 4.78 is 53.8. The fourth-order valence-corrected chi connectivity index (χ4v) is 1.16. The number of nitrogens with zero attached hydrogens (tertiary/aromatic N) is 1. The Morgan fingerprint density at radius 1 is 1.39 bits per heavy atom. The van der Waals surface area contributed by atoms with Crippen molar-refractivity contribution in [3.63, 3.8) is 0 Å². The van der Waals surface area contributed by atoms with Gasteiger partial charge >= 0.3 is 6.18 Å². The Bertz CT molecular complexity index is 393. The number of halogens is 4. The van der Waals surface area contributed by atoms with Gasteiger partial charge in [-0.05, 0) is 6.07 Å². The van der Waals surface area contributed by atoms with Crippen LogP contribution in [0.5, 0.6) is 5.88 Å². The van der Waals surface area contributed by atoms with Crippen LogP contribution in [0.1, 0.15) is 19.4 Å². The van der Waals surface area contributed by atoms with Gasteiger partial charge in [-0.3, -0.25) is 0 Å². The topological polar surface area (TPSA) is 34.2 Å². The van der Waals surface area contributed by atoms with Crippen molar-refractivity contribution in [2.24, 2.45) is 0 Å². The Morgan fingerprint density at radius 3 is 2.61 bits per heavy atom. The maximum atomic E-state index is 13.7. The highest BCUT2D eigenvalue weighted by Crippen LogP contribution is 2.21. The van der Waals surface area contributed by atoms with E-state index in [4.69, 9.17) is 0 Å². The molecule has 0 amide bonds. The van der Waals surface area contributed by atoms with Gasteiger partial charge in [-0.25, -0.2) is 9.37 Å². The Kier molecular flexibility index (Phi) is 4.89. The summed E-state index contributed by atoms with van der Waals surface area (Å²) in [6.07, 6.45) is -3.30. The number of hydrogen-bond donors (Lipinski definition) is 1. The number of ether oxygens (including phenoxy) is 1.